The summed E-state index contributed by atoms with van der Waals surface area (Å²) in [6.07, 6.45) is 0.906. The number of halogens is 1. The van der Waals surface area contributed by atoms with Crippen LogP contribution in [0.3, 0.4) is 0 Å². The minimum atomic E-state index is -0.0858. The van der Waals surface area contributed by atoms with Crippen LogP contribution >= 0.6 is 11.6 Å². The van der Waals surface area contributed by atoms with E-state index in [9.17, 15) is 4.79 Å². The van der Waals surface area contributed by atoms with Crippen molar-refractivity contribution in [2.45, 2.75) is 19.4 Å². The summed E-state index contributed by atoms with van der Waals surface area (Å²) in [5.41, 5.74) is 0.544. The highest BCUT2D eigenvalue weighted by Crippen LogP contribution is 2.29. The Balaban J connectivity index is 2.26. The third-order valence-corrected chi connectivity index (χ3v) is 3.23. The van der Waals surface area contributed by atoms with Gasteiger partial charge in [-0.2, -0.15) is 0 Å². The molecule has 0 spiro atoms. The first kappa shape index (κ1) is 12.4. The molecule has 2 rings (SSSR count). The number of benzene rings is 1. The molecule has 4 heteroatoms. The molecule has 1 aromatic carbocycles. The maximum absolute atomic E-state index is 12.3. The second-order valence-electron chi connectivity index (χ2n) is 4.29. The summed E-state index contributed by atoms with van der Waals surface area (Å²) >= 11 is 5.91. The van der Waals surface area contributed by atoms with Gasteiger partial charge in [-0.3, -0.25) is 4.79 Å². The van der Waals surface area contributed by atoms with Crippen molar-refractivity contribution in [2.24, 2.45) is 5.92 Å². The molecule has 0 radical (unpaired) electrons. The Bertz CT molecular complexity index is 431. The largest absolute Gasteiger partial charge is 0.496 e. The van der Waals surface area contributed by atoms with E-state index in [1.54, 1.807) is 25.3 Å². The van der Waals surface area contributed by atoms with Gasteiger partial charge in [-0.05, 0) is 31.5 Å². The summed E-state index contributed by atoms with van der Waals surface area (Å²) < 4.78 is 10.6. The van der Waals surface area contributed by atoms with E-state index >= 15 is 0 Å². The first-order valence-electron chi connectivity index (χ1n) is 5.61. The number of carbonyl (C=O) groups excluding carboxylic acids is 1. The van der Waals surface area contributed by atoms with Gasteiger partial charge in [0.05, 0.1) is 25.4 Å². The van der Waals surface area contributed by atoms with Crippen LogP contribution in [0.4, 0.5) is 0 Å². The zero-order valence-electron chi connectivity index (χ0n) is 9.90. The molecule has 0 bridgehead atoms. The number of rotatable bonds is 3. The average molecular weight is 255 g/mol. The summed E-state index contributed by atoms with van der Waals surface area (Å²) in [5.74, 6) is 0.532. The maximum atomic E-state index is 12.3. The summed E-state index contributed by atoms with van der Waals surface area (Å²) in [6, 6.07) is 5.09. The topological polar surface area (TPSA) is 35.5 Å². The van der Waals surface area contributed by atoms with Crippen molar-refractivity contribution in [1.82, 2.24) is 0 Å². The summed E-state index contributed by atoms with van der Waals surface area (Å²) in [5, 5.41) is 0.543. The van der Waals surface area contributed by atoms with E-state index in [-0.39, 0.29) is 17.8 Å². The van der Waals surface area contributed by atoms with Gasteiger partial charge >= 0.3 is 0 Å². The third kappa shape index (κ3) is 2.61. The molecule has 0 aliphatic carbocycles. The number of carbonyl (C=O) groups is 1. The van der Waals surface area contributed by atoms with Gasteiger partial charge in [-0.25, -0.2) is 0 Å². The molecule has 1 fully saturated rings. The number of hydrogen-bond acceptors (Lipinski definition) is 3. The molecule has 0 N–H and O–H groups in total. The Morgan fingerprint density at radius 1 is 1.53 bits per heavy atom. The highest BCUT2D eigenvalue weighted by molar-refractivity contribution is 6.31. The van der Waals surface area contributed by atoms with Crippen molar-refractivity contribution in [3.05, 3.63) is 28.8 Å². The van der Waals surface area contributed by atoms with Crippen molar-refractivity contribution in [3.63, 3.8) is 0 Å². The fourth-order valence-electron chi connectivity index (χ4n) is 2.09. The van der Waals surface area contributed by atoms with Crippen molar-refractivity contribution in [1.29, 1.82) is 0 Å². The molecular formula is C13H15ClO3. The fraction of sp³-hybridized carbons (Fsp3) is 0.462. The summed E-state index contributed by atoms with van der Waals surface area (Å²) in [7, 11) is 1.55. The van der Waals surface area contributed by atoms with Crippen LogP contribution in [0, 0.1) is 5.92 Å². The van der Waals surface area contributed by atoms with Gasteiger partial charge in [0.15, 0.2) is 5.78 Å². The standard InChI is InChI=1S/C13H15ClO3/c1-8-5-9(7-17-8)13(15)11-6-10(14)3-4-12(11)16-2/h3-4,6,8-9H,5,7H2,1-2H3. The first-order valence-corrected chi connectivity index (χ1v) is 5.99. The van der Waals surface area contributed by atoms with E-state index in [4.69, 9.17) is 21.1 Å². The molecule has 1 heterocycles. The number of hydrogen-bond donors (Lipinski definition) is 0. The van der Waals surface area contributed by atoms with Crippen molar-refractivity contribution < 1.29 is 14.3 Å². The predicted octanol–water partition coefficient (Wildman–Crippen LogP) is 2.96. The average Bonchev–Trinajstić information content (AvgIpc) is 2.75. The molecule has 0 amide bonds. The molecule has 1 aromatic rings. The Morgan fingerprint density at radius 3 is 2.88 bits per heavy atom. The molecule has 0 aromatic heterocycles. The van der Waals surface area contributed by atoms with Crippen LogP contribution in [-0.2, 0) is 4.74 Å². The van der Waals surface area contributed by atoms with Gasteiger partial charge < -0.3 is 9.47 Å². The summed E-state index contributed by atoms with van der Waals surface area (Å²) in [4.78, 5) is 12.3. The quantitative estimate of drug-likeness (QED) is 0.778. The fourth-order valence-corrected chi connectivity index (χ4v) is 2.26. The third-order valence-electron chi connectivity index (χ3n) is 3.00. The molecule has 3 nitrogen and oxygen atoms in total. The number of ketones is 1. The highest BCUT2D eigenvalue weighted by Gasteiger charge is 2.30. The molecular weight excluding hydrogens is 240 g/mol. The van der Waals surface area contributed by atoms with E-state index in [1.165, 1.54) is 0 Å². The summed E-state index contributed by atoms with van der Waals surface area (Å²) in [6.45, 7) is 2.46. The molecule has 1 aliphatic rings. The van der Waals surface area contributed by atoms with Gasteiger partial charge in [0.2, 0.25) is 0 Å². The van der Waals surface area contributed by atoms with Gasteiger partial charge in [-0.1, -0.05) is 11.6 Å². The van der Waals surface area contributed by atoms with Crippen LogP contribution in [0.15, 0.2) is 18.2 Å². The molecule has 17 heavy (non-hydrogen) atoms. The zero-order chi connectivity index (χ0) is 12.4. The smallest absolute Gasteiger partial charge is 0.172 e. The van der Waals surface area contributed by atoms with E-state index in [2.05, 4.69) is 0 Å². The Kier molecular flexibility index (Phi) is 3.69. The van der Waals surface area contributed by atoms with Crippen molar-refractivity contribution in [2.75, 3.05) is 13.7 Å². The molecule has 0 saturated carbocycles. The van der Waals surface area contributed by atoms with Gasteiger partial charge in [0, 0.05) is 10.9 Å². The van der Waals surface area contributed by atoms with E-state index in [1.807, 2.05) is 6.92 Å². The maximum Gasteiger partial charge on any atom is 0.172 e. The normalized spacial score (nSPS) is 23.7. The lowest BCUT2D eigenvalue weighted by atomic mass is 9.95. The zero-order valence-corrected chi connectivity index (χ0v) is 10.7. The Labute approximate surface area is 106 Å². The minimum absolute atomic E-state index is 0.0497. The monoisotopic (exact) mass is 254 g/mol. The van der Waals surface area contributed by atoms with Crippen LogP contribution in [0.5, 0.6) is 5.75 Å². The van der Waals surface area contributed by atoms with E-state index in [0.717, 1.165) is 6.42 Å². The number of Topliss-reactive ketones (excluding diaryl/α,β-unsaturated/α-hetero) is 1. The van der Waals surface area contributed by atoms with E-state index in [0.29, 0.717) is 22.9 Å². The van der Waals surface area contributed by atoms with Crippen molar-refractivity contribution in [3.8, 4) is 5.75 Å². The Morgan fingerprint density at radius 2 is 2.29 bits per heavy atom. The van der Waals surface area contributed by atoms with Crippen LogP contribution in [0.1, 0.15) is 23.7 Å². The van der Waals surface area contributed by atoms with Crippen LogP contribution in [0.2, 0.25) is 5.02 Å². The Hall–Kier alpha value is -1.06. The molecule has 2 atom stereocenters. The SMILES string of the molecule is COc1ccc(Cl)cc1C(=O)C1COC(C)C1. The number of methoxy groups -OCH3 is 1. The van der Waals surface area contributed by atoms with Crippen LogP contribution in [0.25, 0.3) is 0 Å². The predicted molar refractivity (Wildman–Crippen MR) is 65.9 cm³/mol. The minimum Gasteiger partial charge on any atom is -0.496 e. The lowest BCUT2D eigenvalue weighted by Gasteiger charge is -2.11. The highest BCUT2D eigenvalue weighted by atomic mass is 35.5. The van der Waals surface area contributed by atoms with Crippen LogP contribution < -0.4 is 4.74 Å². The molecule has 2 unspecified atom stereocenters. The molecule has 92 valence electrons. The number of ether oxygens (including phenoxy) is 2. The lowest BCUT2D eigenvalue weighted by molar-refractivity contribution is 0.0875. The van der Waals surface area contributed by atoms with E-state index < -0.39 is 0 Å². The second kappa shape index (κ2) is 5.07. The van der Waals surface area contributed by atoms with Crippen molar-refractivity contribution >= 4 is 17.4 Å². The second-order valence-corrected chi connectivity index (χ2v) is 4.72. The van der Waals surface area contributed by atoms with Gasteiger partial charge in [-0.15, -0.1) is 0 Å². The van der Waals surface area contributed by atoms with Gasteiger partial charge in [0.25, 0.3) is 0 Å². The first-order chi connectivity index (χ1) is 8.11. The van der Waals surface area contributed by atoms with Crippen LogP contribution in [-0.4, -0.2) is 25.6 Å². The molecule has 1 aliphatic heterocycles. The van der Waals surface area contributed by atoms with Gasteiger partial charge in [0.1, 0.15) is 5.75 Å². The lowest BCUT2D eigenvalue weighted by Crippen LogP contribution is -2.15. The molecule has 1 saturated heterocycles.